The first-order valence-electron chi connectivity index (χ1n) is 7.58. The maximum atomic E-state index is 5.76. The molecule has 0 atom stereocenters. The molecule has 1 aromatic heterocycles. The maximum absolute atomic E-state index is 5.76. The molecule has 0 N–H and O–H groups in total. The Morgan fingerprint density at radius 3 is 2.91 bits per heavy atom. The Labute approximate surface area is 148 Å². The third-order valence-electron chi connectivity index (χ3n) is 3.35. The summed E-state index contributed by atoms with van der Waals surface area (Å²) in [7, 11) is 0. The Bertz CT molecular complexity index is 751. The molecule has 2 aromatic rings. The Morgan fingerprint density at radius 2 is 2.09 bits per heavy atom. The van der Waals surface area contributed by atoms with Crippen LogP contribution in [0, 0.1) is 0 Å². The smallest absolute Gasteiger partial charge is 0.251 e. The number of halogens is 1. The van der Waals surface area contributed by atoms with Gasteiger partial charge < -0.3 is 4.74 Å². The summed E-state index contributed by atoms with van der Waals surface area (Å²) in [5.41, 5.74) is 2.30. The Balaban J connectivity index is 1.92. The lowest BCUT2D eigenvalue weighted by Crippen LogP contribution is -2.06. The van der Waals surface area contributed by atoms with Crippen molar-refractivity contribution >= 4 is 39.3 Å². The van der Waals surface area contributed by atoms with Gasteiger partial charge in [0.1, 0.15) is 0 Å². The third-order valence-corrected chi connectivity index (χ3v) is 4.77. The van der Waals surface area contributed by atoms with Gasteiger partial charge in [-0.2, -0.15) is 4.98 Å². The van der Waals surface area contributed by atoms with Crippen LogP contribution in [0.4, 0.5) is 5.69 Å². The minimum atomic E-state index is 0.469. The lowest BCUT2D eigenvalue weighted by atomic mass is 10.1. The summed E-state index contributed by atoms with van der Waals surface area (Å²) in [4.78, 5) is 8.99. The average molecular weight is 393 g/mol. The van der Waals surface area contributed by atoms with Gasteiger partial charge in [0, 0.05) is 22.7 Å². The van der Waals surface area contributed by atoms with Crippen LogP contribution in [0.25, 0.3) is 11.3 Å². The van der Waals surface area contributed by atoms with Gasteiger partial charge in [-0.1, -0.05) is 47.5 Å². The van der Waals surface area contributed by atoms with E-state index in [0.29, 0.717) is 22.6 Å². The molecule has 2 heterocycles. The standard InChI is InChI=1S/C16H17BrN4OS/c1-3-4-5-8-23-16-19-15-14(20-21-16)12-9-11(17)6-7-13(12)18-10(2)22-15/h6-7,9H,3-5,8H2,1-2H3. The number of hydrogen-bond donors (Lipinski definition) is 0. The molecule has 0 amide bonds. The fourth-order valence-corrected chi connectivity index (χ4v) is 3.38. The van der Waals surface area contributed by atoms with Crippen LogP contribution in [0.3, 0.4) is 0 Å². The van der Waals surface area contributed by atoms with Crippen molar-refractivity contribution in [3.8, 4) is 17.1 Å². The zero-order valence-electron chi connectivity index (χ0n) is 13.0. The Morgan fingerprint density at radius 1 is 1.22 bits per heavy atom. The van der Waals surface area contributed by atoms with Crippen molar-refractivity contribution < 1.29 is 4.74 Å². The molecule has 120 valence electrons. The maximum Gasteiger partial charge on any atom is 0.251 e. The van der Waals surface area contributed by atoms with Crippen molar-refractivity contribution in [2.75, 3.05) is 5.75 Å². The van der Waals surface area contributed by atoms with Crippen LogP contribution in [-0.4, -0.2) is 26.8 Å². The highest BCUT2D eigenvalue weighted by atomic mass is 79.9. The van der Waals surface area contributed by atoms with Crippen LogP contribution >= 0.6 is 27.7 Å². The number of hydrogen-bond acceptors (Lipinski definition) is 6. The van der Waals surface area contributed by atoms with Gasteiger partial charge in [-0.25, -0.2) is 4.99 Å². The van der Waals surface area contributed by atoms with Crippen LogP contribution in [0.5, 0.6) is 5.88 Å². The number of nitrogens with zero attached hydrogens (tertiary/aromatic N) is 4. The van der Waals surface area contributed by atoms with Gasteiger partial charge in [0.25, 0.3) is 5.88 Å². The molecule has 0 saturated heterocycles. The van der Waals surface area contributed by atoms with Crippen LogP contribution in [0.15, 0.2) is 32.8 Å². The van der Waals surface area contributed by atoms with E-state index in [9.17, 15) is 0 Å². The molecule has 0 radical (unpaired) electrons. The van der Waals surface area contributed by atoms with Gasteiger partial charge in [0.05, 0.1) is 5.69 Å². The number of aromatic nitrogens is 3. The molecule has 5 nitrogen and oxygen atoms in total. The van der Waals surface area contributed by atoms with E-state index in [1.807, 2.05) is 25.1 Å². The molecule has 0 unspecified atom stereocenters. The highest BCUT2D eigenvalue weighted by molar-refractivity contribution is 9.10. The van der Waals surface area contributed by atoms with E-state index >= 15 is 0 Å². The zero-order valence-corrected chi connectivity index (χ0v) is 15.4. The molecule has 0 saturated carbocycles. The zero-order chi connectivity index (χ0) is 16.2. The molecule has 7 heteroatoms. The van der Waals surface area contributed by atoms with Gasteiger partial charge in [-0.15, -0.1) is 10.2 Å². The summed E-state index contributed by atoms with van der Waals surface area (Å²) in [6.45, 7) is 4.01. The predicted molar refractivity (Wildman–Crippen MR) is 96.6 cm³/mol. The van der Waals surface area contributed by atoms with E-state index in [1.54, 1.807) is 11.8 Å². The molecule has 1 aromatic carbocycles. The van der Waals surface area contributed by atoms with Gasteiger partial charge in [-0.05, 0) is 24.6 Å². The summed E-state index contributed by atoms with van der Waals surface area (Å²) < 4.78 is 6.71. The normalized spacial score (nSPS) is 12.7. The van der Waals surface area contributed by atoms with Crippen LogP contribution in [-0.2, 0) is 0 Å². The first kappa shape index (κ1) is 16.4. The minimum absolute atomic E-state index is 0.469. The molecule has 0 fully saturated rings. The fraction of sp³-hybridized carbons (Fsp3) is 0.375. The third kappa shape index (κ3) is 3.90. The van der Waals surface area contributed by atoms with Gasteiger partial charge >= 0.3 is 0 Å². The van der Waals surface area contributed by atoms with E-state index < -0.39 is 0 Å². The fourth-order valence-electron chi connectivity index (χ4n) is 2.24. The minimum Gasteiger partial charge on any atom is -0.422 e. The van der Waals surface area contributed by atoms with Crippen molar-refractivity contribution in [2.24, 2.45) is 4.99 Å². The Hall–Kier alpha value is -1.47. The quantitative estimate of drug-likeness (QED) is 0.527. The van der Waals surface area contributed by atoms with Crippen molar-refractivity contribution in [3.63, 3.8) is 0 Å². The SMILES string of the molecule is CCCCCSc1nnc2c(n1)OC(C)=Nc1ccc(Br)cc1-2. The molecule has 23 heavy (non-hydrogen) atoms. The summed E-state index contributed by atoms with van der Waals surface area (Å²) >= 11 is 5.10. The average Bonchev–Trinajstić information content (AvgIpc) is 2.66. The van der Waals surface area contributed by atoms with Crippen molar-refractivity contribution in [2.45, 2.75) is 38.3 Å². The number of thioether (sulfide) groups is 1. The molecule has 0 aliphatic carbocycles. The van der Waals surface area contributed by atoms with Crippen LogP contribution < -0.4 is 4.74 Å². The number of ether oxygens (including phenoxy) is 1. The van der Waals surface area contributed by atoms with Gasteiger partial charge in [0.2, 0.25) is 5.16 Å². The van der Waals surface area contributed by atoms with E-state index in [-0.39, 0.29) is 0 Å². The molecular formula is C16H17BrN4OS. The number of fused-ring (bicyclic) bond motifs is 3. The van der Waals surface area contributed by atoms with E-state index in [0.717, 1.165) is 27.9 Å². The highest BCUT2D eigenvalue weighted by Gasteiger charge is 2.20. The molecule has 0 bridgehead atoms. The summed E-state index contributed by atoms with van der Waals surface area (Å²) in [5, 5.41) is 9.23. The Kier molecular flexibility index (Phi) is 5.27. The highest BCUT2D eigenvalue weighted by Crippen LogP contribution is 2.38. The van der Waals surface area contributed by atoms with Crippen molar-refractivity contribution in [1.82, 2.24) is 15.2 Å². The lowest BCUT2D eigenvalue weighted by molar-refractivity contribution is 0.511. The van der Waals surface area contributed by atoms with E-state index in [2.05, 4.69) is 43.0 Å². The molecular weight excluding hydrogens is 376 g/mol. The van der Waals surface area contributed by atoms with Crippen molar-refractivity contribution in [3.05, 3.63) is 22.7 Å². The number of benzene rings is 1. The van der Waals surface area contributed by atoms with Gasteiger partial charge in [-0.3, -0.25) is 0 Å². The topological polar surface area (TPSA) is 60.3 Å². The second kappa shape index (κ2) is 7.40. The first-order valence-corrected chi connectivity index (χ1v) is 9.36. The molecule has 1 aliphatic rings. The summed E-state index contributed by atoms with van der Waals surface area (Å²) in [6.07, 6.45) is 3.57. The second-order valence-corrected chi connectivity index (χ2v) is 7.18. The summed E-state index contributed by atoms with van der Waals surface area (Å²) in [5.74, 6) is 2.01. The monoisotopic (exact) mass is 392 g/mol. The van der Waals surface area contributed by atoms with E-state index in [1.165, 1.54) is 12.8 Å². The largest absolute Gasteiger partial charge is 0.422 e. The number of aliphatic imine (C=N–C) groups is 1. The first-order chi connectivity index (χ1) is 11.2. The predicted octanol–water partition coefficient (Wildman–Crippen LogP) is 5.03. The molecule has 0 spiro atoms. The number of rotatable bonds is 5. The van der Waals surface area contributed by atoms with Gasteiger partial charge in [0.15, 0.2) is 11.6 Å². The molecule has 3 rings (SSSR count). The van der Waals surface area contributed by atoms with Crippen LogP contribution in [0.2, 0.25) is 0 Å². The van der Waals surface area contributed by atoms with Crippen molar-refractivity contribution in [1.29, 1.82) is 0 Å². The lowest BCUT2D eigenvalue weighted by Gasteiger charge is -2.07. The summed E-state index contributed by atoms with van der Waals surface area (Å²) in [6, 6.07) is 5.83. The van der Waals surface area contributed by atoms with Crippen LogP contribution in [0.1, 0.15) is 33.1 Å². The second-order valence-electron chi connectivity index (χ2n) is 5.20. The molecule has 1 aliphatic heterocycles. The van der Waals surface area contributed by atoms with E-state index in [4.69, 9.17) is 4.74 Å². The number of unbranched alkanes of at least 4 members (excludes halogenated alkanes) is 2.